The molecule has 6 nitrogen and oxygen atoms in total. The van der Waals surface area contributed by atoms with E-state index in [0.29, 0.717) is 18.7 Å². The van der Waals surface area contributed by atoms with E-state index in [0.717, 1.165) is 32.8 Å². The Hall–Kier alpha value is -1.99. The van der Waals surface area contributed by atoms with Gasteiger partial charge in [0.15, 0.2) is 0 Å². The summed E-state index contributed by atoms with van der Waals surface area (Å²) in [6, 6.07) is 5.59. The van der Waals surface area contributed by atoms with Crippen molar-refractivity contribution in [3.05, 3.63) is 30.1 Å². The van der Waals surface area contributed by atoms with E-state index in [2.05, 4.69) is 15.5 Å². The second-order valence-electron chi connectivity index (χ2n) is 6.19. The van der Waals surface area contributed by atoms with Gasteiger partial charge in [0.2, 0.25) is 11.8 Å². The Bertz CT molecular complexity index is 587. The van der Waals surface area contributed by atoms with Crippen LogP contribution in [-0.2, 0) is 14.3 Å². The highest BCUT2D eigenvalue weighted by atomic mass is 19.1. The van der Waals surface area contributed by atoms with Gasteiger partial charge >= 0.3 is 0 Å². The molecule has 2 fully saturated rings. The Morgan fingerprint density at radius 1 is 1.12 bits per heavy atom. The Morgan fingerprint density at radius 3 is 2.50 bits per heavy atom. The van der Waals surface area contributed by atoms with Crippen molar-refractivity contribution < 1.29 is 18.7 Å². The molecule has 0 bridgehead atoms. The van der Waals surface area contributed by atoms with E-state index in [1.165, 1.54) is 24.3 Å². The van der Waals surface area contributed by atoms with Gasteiger partial charge in [-0.05, 0) is 30.7 Å². The molecule has 3 rings (SSSR count). The molecule has 2 atom stereocenters. The summed E-state index contributed by atoms with van der Waals surface area (Å²) in [6.45, 7) is 4.64. The number of morpholine rings is 1. The summed E-state index contributed by atoms with van der Waals surface area (Å²) in [5, 5.41) is 5.61. The molecule has 7 heteroatoms. The number of carbonyl (C=O) groups excluding carboxylic acids is 2. The highest BCUT2D eigenvalue weighted by Gasteiger charge is 2.47. The maximum Gasteiger partial charge on any atom is 0.228 e. The number of benzene rings is 1. The lowest BCUT2D eigenvalue weighted by molar-refractivity contribution is -0.125. The fraction of sp³-hybridized carbons (Fsp3) is 0.529. The monoisotopic (exact) mass is 335 g/mol. The van der Waals surface area contributed by atoms with E-state index in [1.807, 2.05) is 0 Å². The molecule has 2 aliphatic rings. The number of anilines is 1. The van der Waals surface area contributed by atoms with Crippen LogP contribution >= 0.6 is 0 Å². The fourth-order valence-corrected chi connectivity index (χ4v) is 2.84. The number of hydrogen-bond donors (Lipinski definition) is 2. The fourth-order valence-electron chi connectivity index (χ4n) is 2.84. The molecule has 2 unspecified atom stereocenters. The van der Waals surface area contributed by atoms with Crippen LogP contribution in [0.1, 0.15) is 6.42 Å². The van der Waals surface area contributed by atoms with Gasteiger partial charge in [0.1, 0.15) is 5.82 Å². The van der Waals surface area contributed by atoms with E-state index in [-0.39, 0.29) is 29.5 Å². The van der Waals surface area contributed by atoms with Crippen LogP contribution in [0.15, 0.2) is 24.3 Å². The summed E-state index contributed by atoms with van der Waals surface area (Å²) < 4.78 is 18.1. The third kappa shape index (κ3) is 4.52. The van der Waals surface area contributed by atoms with Crippen LogP contribution in [-0.4, -0.2) is 56.1 Å². The first-order valence-electron chi connectivity index (χ1n) is 8.28. The van der Waals surface area contributed by atoms with Crippen molar-refractivity contribution in [1.29, 1.82) is 0 Å². The van der Waals surface area contributed by atoms with Crippen molar-refractivity contribution in [1.82, 2.24) is 10.2 Å². The lowest BCUT2D eigenvalue weighted by atomic mass is 10.2. The highest BCUT2D eigenvalue weighted by Crippen LogP contribution is 2.39. The Kier molecular flexibility index (Phi) is 5.42. The molecule has 1 saturated heterocycles. The largest absolute Gasteiger partial charge is 0.379 e. The van der Waals surface area contributed by atoms with Gasteiger partial charge < -0.3 is 15.4 Å². The Balaban J connectivity index is 1.37. The third-order valence-electron chi connectivity index (χ3n) is 4.41. The number of rotatable bonds is 6. The van der Waals surface area contributed by atoms with Gasteiger partial charge in [-0.3, -0.25) is 14.5 Å². The average molecular weight is 335 g/mol. The number of hydrogen-bond acceptors (Lipinski definition) is 4. The molecule has 1 aromatic carbocycles. The molecule has 130 valence electrons. The molecule has 2 amide bonds. The van der Waals surface area contributed by atoms with Gasteiger partial charge in [0, 0.05) is 31.9 Å². The molecule has 1 saturated carbocycles. The van der Waals surface area contributed by atoms with Crippen molar-refractivity contribution in [2.75, 3.05) is 44.7 Å². The number of halogens is 1. The van der Waals surface area contributed by atoms with Crippen molar-refractivity contribution in [2.24, 2.45) is 11.8 Å². The molecular formula is C17H22FN3O3. The summed E-state index contributed by atoms with van der Waals surface area (Å²) in [5.74, 6) is -1.15. The van der Waals surface area contributed by atoms with Crippen LogP contribution < -0.4 is 10.6 Å². The Morgan fingerprint density at radius 2 is 1.79 bits per heavy atom. The number of amides is 2. The van der Waals surface area contributed by atoms with Gasteiger partial charge in [0.05, 0.1) is 25.0 Å². The van der Waals surface area contributed by atoms with Crippen molar-refractivity contribution in [3.63, 3.8) is 0 Å². The quantitative estimate of drug-likeness (QED) is 0.809. The lowest BCUT2D eigenvalue weighted by Crippen LogP contribution is -2.41. The molecular weight excluding hydrogens is 313 g/mol. The zero-order chi connectivity index (χ0) is 16.9. The average Bonchev–Trinajstić information content (AvgIpc) is 3.39. The molecule has 24 heavy (non-hydrogen) atoms. The summed E-state index contributed by atoms with van der Waals surface area (Å²) in [7, 11) is 0. The summed E-state index contributed by atoms with van der Waals surface area (Å²) >= 11 is 0. The molecule has 2 N–H and O–H groups in total. The molecule has 1 aromatic rings. The number of ether oxygens (including phenoxy) is 1. The zero-order valence-electron chi connectivity index (χ0n) is 13.5. The van der Waals surface area contributed by atoms with E-state index < -0.39 is 0 Å². The summed E-state index contributed by atoms with van der Waals surface area (Å²) in [6.07, 6.45) is 0.566. The van der Waals surface area contributed by atoms with Gasteiger partial charge in [0.25, 0.3) is 0 Å². The predicted molar refractivity (Wildman–Crippen MR) is 86.9 cm³/mol. The molecule has 1 heterocycles. The van der Waals surface area contributed by atoms with Gasteiger partial charge in [-0.2, -0.15) is 0 Å². The van der Waals surface area contributed by atoms with E-state index in [9.17, 15) is 14.0 Å². The second kappa shape index (κ2) is 7.72. The maximum atomic E-state index is 12.8. The molecule has 1 aliphatic heterocycles. The first kappa shape index (κ1) is 16.9. The first-order valence-corrected chi connectivity index (χ1v) is 8.28. The SMILES string of the molecule is O=C(NCCN1CCOCC1)C1CC1C(=O)Nc1ccc(F)cc1. The normalized spacial score (nSPS) is 23.5. The van der Waals surface area contributed by atoms with E-state index in [4.69, 9.17) is 4.74 Å². The lowest BCUT2D eigenvalue weighted by Gasteiger charge is -2.26. The van der Waals surface area contributed by atoms with E-state index in [1.54, 1.807) is 0 Å². The predicted octanol–water partition coefficient (Wildman–Crippen LogP) is 0.849. The van der Waals surface area contributed by atoms with Crippen LogP contribution in [0.2, 0.25) is 0 Å². The molecule has 1 aliphatic carbocycles. The van der Waals surface area contributed by atoms with Crippen LogP contribution in [0.25, 0.3) is 0 Å². The van der Waals surface area contributed by atoms with Crippen molar-refractivity contribution in [3.8, 4) is 0 Å². The van der Waals surface area contributed by atoms with Crippen LogP contribution in [0.5, 0.6) is 0 Å². The maximum absolute atomic E-state index is 12.8. The summed E-state index contributed by atoms with van der Waals surface area (Å²) in [4.78, 5) is 26.4. The van der Waals surface area contributed by atoms with Gasteiger partial charge in [-0.25, -0.2) is 4.39 Å². The molecule has 0 radical (unpaired) electrons. The second-order valence-corrected chi connectivity index (χ2v) is 6.19. The zero-order valence-corrected chi connectivity index (χ0v) is 13.5. The highest BCUT2D eigenvalue weighted by molar-refractivity contribution is 5.99. The summed E-state index contributed by atoms with van der Waals surface area (Å²) in [5.41, 5.74) is 0.541. The number of nitrogens with zero attached hydrogens (tertiary/aromatic N) is 1. The standard InChI is InChI=1S/C17H22FN3O3/c18-12-1-3-13(4-2-12)20-17(23)15-11-14(15)16(22)19-5-6-21-7-9-24-10-8-21/h1-4,14-15H,5-11H2,(H,19,22)(H,20,23). The van der Waals surface area contributed by atoms with Crippen LogP contribution in [0.4, 0.5) is 10.1 Å². The van der Waals surface area contributed by atoms with Gasteiger partial charge in [-0.1, -0.05) is 0 Å². The molecule has 0 aromatic heterocycles. The third-order valence-corrected chi connectivity index (χ3v) is 4.41. The van der Waals surface area contributed by atoms with E-state index >= 15 is 0 Å². The van der Waals surface area contributed by atoms with Crippen LogP contribution in [0.3, 0.4) is 0 Å². The smallest absolute Gasteiger partial charge is 0.228 e. The van der Waals surface area contributed by atoms with Crippen LogP contribution in [0, 0.1) is 17.7 Å². The minimum Gasteiger partial charge on any atom is -0.379 e. The number of carbonyl (C=O) groups is 2. The minimum atomic E-state index is -0.350. The first-order chi connectivity index (χ1) is 11.6. The topological polar surface area (TPSA) is 70.7 Å². The van der Waals surface area contributed by atoms with Crippen molar-refractivity contribution in [2.45, 2.75) is 6.42 Å². The minimum absolute atomic E-state index is 0.0671. The Labute approximate surface area is 140 Å². The van der Waals surface area contributed by atoms with Gasteiger partial charge in [-0.15, -0.1) is 0 Å². The number of nitrogens with one attached hydrogen (secondary N) is 2. The van der Waals surface area contributed by atoms with Crippen molar-refractivity contribution >= 4 is 17.5 Å². The molecule has 0 spiro atoms.